The molecule has 1 aromatic heterocycles. The summed E-state index contributed by atoms with van der Waals surface area (Å²) in [7, 11) is 0. The number of alkyl halides is 3. The largest absolute Gasteiger partial charge is 0.415 e. The van der Waals surface area contributed by atoms with E-state index in [9.17, 15) is 13.2 Å². The summed E-state index contributed by atoms with van der Waals surface area (Å²) in [6.45, 7) is 18.2. The number of hydrogen-bond donors (Lipinski definition) is 1. The lowest BCUT2D eigenvalue weighted by molar-refractivity contribution is -0.0878. The molecule has 1 aromatic carbocycles. The number of rotatable bonds is 9. The van der Waals surface area contributed by atoms with Crippen molar-refractivity contribution in [3.8, 4) is 11.1 Å². The van der Waals surface area contributed by atoms with E-state index in [1.165, 1.54) is 30.9 Å². The van der Waals surface area contributed by atoms with Crippen LogP contribution in [-0.2, 0) is 6.54 Å². The Morgan fingerprint density at radius 3 is 2.42 bits per heavy atom. The highest BCUT2D eigenvalue weighted by Gasteiger charge is 2.29. The molecule has 190 valence electrons. The zero-order valence-corrected chi connectivity index (χ0v) is 21.1. The van der Waals surface area contributed by atoms with Gasteiger partial charge in [0.2, 0.25) is 0 Å². The second-order valence-electron chi connectivity index (χ2n) is 9.13. The molecule has 0 aliphatic carbocycles. The second-order valence-corrected chi connectivity index (χ2v) is 9.13. The molecule has 3 rings (SSSR count). The molecule has 0 amide bonds. The molecule has 0 bridgehead atoms. The molecule has 2 heterocycles. The van der Waals surface area contributed by atoms with E-state index in [-0.39, 0.29) is 0 Å². The van der Waals surface area contributed by atoms with Crippen molar-refractivity contribution in [2.24, 2.45) is 0 Å². The summed E-state index contributed by atoms with van der Waals surface area (Å²) in [4.78, 5) is 6.95. The molecule has 3 nitrogen and oxygen atoms in total. The zero-order chi connectivity index (χ0) is 26.3. The summed E-state index contributed by atoms with van der Waals surface area (Å²) in [5.74, 6) is 0. The Balaban J connectivity index is 1.76. The smallest absolute Gasteiger partial charge is 0.356 e. The molecular formula is C30H34F3N3. The average Bonchev–Trinajstić information content (AvgIpc) is 2.86. The number of aryl methyl sites for hydroxylation is 1. The molecule has 1 N–H and O–H groups in total. The average molecular weight is 494 g/mol. The minimum atomic E-state index is -4.46. The monoisotopic (exact) mass is 493 g/mol. The van der Waals surface area contributed by atoms with E-state index in [0.717, 1.165) is 48.0 Å². The molecule has 0 unspecified atom stereocenters. The first-order valence-electron chi connectivity index (χ1n) is 12.1. The van der Waals surface area contributed by atoms with Gasteiger partial charge < -0.3 is 5.32 Å². The van der Waals surface area contributed by atoms with E-state index in [0.29, 0.717) is 17.0 Å². The van der Waals surface area contributed by atoms with Gasteiger partial charge in [0.25, 0.3) is 0 Å². The lowest BCUT2D eigenvalue weighted by atomic mass is 9.94. The molecule has 1 saturated heterocycles. The first-order valence-corrected chi connectivity index (χ1v) is 12.1. The van der Waals surface area contributed by atoms with Gasteiger partial charge in [-0.3, -0.25) is 9.88 Å². The van der Waals surface area contributed by atoms with E-state index in [1.54, 1.807) is 13.0 Å². The maximum absolute atomic E-state index is 12.8. The number of allylic oxidation sites excluding steroid dienone is 5. The summed E-state index contributed by atoms with van der Waals surface area (Å²) >= 11 is 0. The maximum Gasteiger partial charge on any atom is 0.415 e. The molecule has 1 aliphatic heterocycles. The van der Waals surface area contributed by atoms with Crippen molar-refractivity contribution in [3.05, 3.63) is 108 Å². The standard InChI is InChI=1S/C30H34F3N3/c1-6-28(13-11-22(3)30(31,32)33)35-24(5)23(4)29-17-26(12-10-21(29)2)27-16-25(18-34-19-27)20-36-14-8-7-9-15-36/h6,10-13,16-19,35H,3-5,7-9,14-15,20H2,1-2H3/b13-11-,28-6+. The van der Waals surface area contributed by atoms with E-state index in [2.05, 4.69) is 53.1 Å². The van der Waals surface area contributed by atoms with Gasteiger partial charge in [-0.2, -0.15) is 13.2 Å². The van der Waals surface area contributed by atoms with Crippen molar-refractivity contribution in [1.82, 2.24) is 15.2 Å². The fourth-order valence-corrected chi connectivity index (χ4v) is 4.14. The van der Waals surface area contributed by atoms with Crippen LogP contribution in [0.4, 0.5) is 13.2 Å². The molecule has 0 atom stereocenters. The molecule has 0 saturated carbocycles. The van der Waals surface area contributed by atoms with Gasteiger partial charge in [0, 0.05) is 41.5 Å². The number of nitrogens with one attached hydrogen (secondary N) is 1. The van der Waals surface area contributed by atoms with E-state index in [4.69, 9.17) is 0 Å². The Kier molecular flexibility index (Phi) is 9.10. The van der Waals surface area contributed by atoms with Crippen LogP contribution >= 0.6 is 0 Å². The van der Waals surface area contributed by atoms with Crippen LogP contribution in [0, 0.1) is 6.92 Å². The number of hydrogen-bond acceptors (Lipinski definition) is 3. The Hall–Kier alpha value is -3.38. The normalized spacial score (nSPS) is 15.2. The van der Waals surface area contributed by atoms with E-state index < -0.39 is 11.7 Å². The quantitative estimate of drug-likeness (QED) is 0.362. The summed E-state index contributed by atoms with van der Waals surface area (Å²) in [6.07, 6.45) is 7.06. The molecule has 6 heteroatoms. The van der Waals surface area contributed by atoms with Crippen LogP contribution in [0.5, 0.6) is 0 Å². The van der Waals surface area contributed by atoms with Gasteiger partial charge in [-0.25, -0.2) is 0 Å². The van der Waals surface area contributed by atoms with Gasteiger partial charge in [0.05, 0.1) is 0 Å². The molecule has 2 aromatic rings. The zero-order valence-electron chi connectivity index (χ0n) is 21.1. The highest BCUT2D eigenvalue weighted by Crippen LogP contribution is 2.29. The Morgan fingerprint density at radius 2 is 1.75 bits per heavy atom. The predicted octanol–water partition coefficient (Wildman–Crippen LogP) is 7.74. The highest BCUT2D eigenvalue weighted by atomic mass is 19.4. The number of pyridine rings is 1. The third kappa shape index (κ3) is 7.31. The number of likely N-dealkylation sites (tertiary alicyclic amines) is 1. The van der Waals surface area contributed by atoms with E-state index >= 15 is 0 Å². The first kappa shape index (κ1) is 27.2. The van der Waals surface area contributed by atoms with E-state index in [1.807, 2.05) is 25.4 Å². The first-order chi connectivity index (χ1) is 17.1. The van der Waals surface area contributed by atoms with Crippen LogP contribution in [0.1, 0.15) is 42.9 Å². The van der Waals surface area contributed by atoms with Crippen molar-refractivity contribution in [2.45, 2.75) is 45.8 Å². The Morgan fingerprint density at radius 1 is 1.03 bits per heavy atom. The van der Waals surface area contributed by atoms with Gasteiger partial charge in [0.1, 0.15) is 0 Å². The minimum Gasteiger partial charge on any atom is -0.356 e. The van der Waals surface area contributed by atoms with Gasteiger partial charge in [-0.1, -0.05) is 44.4 Å². The second kappa shape index (κ2) is 12.0. The van der Waals surface area contributed by atoms with Crippen molar-refractivity contribution < 1.29 is 13.2 Å². The van der Waals surface area contributed by atoms with Crippen molar-refractivity contribution in [3.63, 3.8) is 0 Å². The van der Waals surface area contributed by atoms with Crippen LogP contribution in [0.3, 0.4) is 0 Å². The van der Waals surface area contributed by atoms with Gasteiger partial charge >= 0.3 is 6.18 Å². The fraction of sp³-hybridized carbons (Fsp3) is 0.300. The molecule has 1 fully saturated rings. The SMILES string of the molecule is C=C(NC(/C=C\C(=C)C(F)(F)F)=C/C)C(=C)c1cc(-c2cncc(CN3CCCCC3)c2)ccc1C. The Labute approximate surface area is 212 Å². The maximum atomic E-state index is 12.8. The lowest BCUT2D eigenvalue weighted by Gasteiger charge is -2.26. The molecule has 36 heavy (non-hydrogen) atoms. The minimum absolute atomic E-state index is 0.468. The number of benzene rings is 1. The fourth-order valence-electron chi connectivity index (χ4n) is 4.14. The van der Waals surface area contributed by atoms with Crippen molar-refractivity contribution >= 4 is 5.57 Å². The van der Waals surface area contributed by atoms with Crippen LogP contribution in [-0.4, -0.2) is 29.1 Å². The number of halogens is 3. The molecule has 1 aliphatic rings. The van der Waals surface area contributed by atoms with Crippen LogP contribution in [0.2, 0.25) is 0 Å². The number of aromatic nitrogens is 1. The van der Waals surface area contributed by atoms with Gasteiger partial charge in [-0.15, -0.1) is 0 Å². The Bertz CT molecular complexity index is 1180. The third-order valence-corrected chi connectivity index (χ3v) is 6.34. The molecule has 0 spiro atoms. The topological polar surface area (TPSA) is 28.2 Å². The predicted molar refractivity (Wildman–Crippen MR) is 143 cm³/mol. The van der Waals surface area contributed by atoms with Crippen molar-refractivity contribution in [2.75, 3.05) is 13.1 Å². The number of piperidine rings is 1. The molecular weight excluding hydrogens is 459 g/mol. The number of nitrogens with zero attached hydrogens (tertiary/aromatic N) is 2. The summed E-state index contributed by atoms with van der Waals surface area (Å²) in [6, 6.07) is 8.34. The van der Waals surface area contributed by atoms with Gasteiger partial charge in [0.15, 0.2) is 0 Å². The highest BCUT2D eigenvalue weighted by molar-refractivity contribution is 5.81. The summed E-state index contributed by atoms with van der Waals surface area (Å²) in [5, 5.41) is 3.07. The summed E-state index contributed by atoms with van der Waals surface area (Å²) in [5.41, 5.74) is 5.87. The molecule has 0 radical (unpaired) electrons. The summed E-state index contributed by atoms with van der Waals surface area (Å²) < 4.78 is 38.3. The van der Waals surface area contributed by atoms with Crippen LogP contribution < -0.4 is 5.32 Å². The lowest BCUT2D eigenvalue weighted by Crippen LogP contribution is -2.29. The van der Waals surface area contributed by atoms with Crippen molar-refractivity contribution in [1.29, 1.82) is 0 Å². The van der Waals surface area contributed by atoms with Gasteiger partial charge in [-0.05, 0) is 91.9 Å². The third-order valence-electron chi connectivity index (χ3n) is 6.34. The van der Waals surface area contributed by atoms with Crippen LogP contribution in [0.15, 0.2) is 91.6 Å². The van der Waals surface area contributed by atoms with Crippen LogP contribution in [0.25, 0.3) is 16.7 Å².